The van der Waals surface area contributed by atoms with Crippen molar-refractivity contribution in [2.24, 2.45) is 0 Å². The van der Waals surface area contributed by atoms with Gasteiger partial charge < -0.3 is 15.0 Å². The highest BCUT2D eigenvalue weighted by Crippen LogP contribution is 2.32. The minimum atomic E-state index is -3.67. The predicted molar refractivity (Wildman–Crippen MR) is 133 cm³/mol. The van der Waals surface area contributed by atoms with Crippen LogP contribution in [-0.4, -0.2) is 57.2 Å². The number of sulfonamides is 1. The Balaban J connectivity index is 1.81. The average molecular weight is 488 g/mol. The minimum absolute atomic E-state index is 0.0471. The Morgan fingerprint density at radius 3 is 2.24 bits per heavy atom. The van der Waals surface area contributed by atoms with E-state index in [4.69, 9.17) is 4.74 Å². The first kappa shape index (κ1) is 25.7. The highest BCUT2D eigenvalue weighted by Gasteiger charge is 2.24. The number of nitrogens with zero attached hydrogens (tertiary/aromatic N) is 2. The van der Waals surface area contributed by atoms with Crippen LogP contribution in [0.15, 0.2) is 47.4 Å². The van der Waals surface area contributed by atoms with Crippen molar-refractivity contribution in [2.45, 2.75) is 44.9 Å². The molecule has 1 heterocycles. The number of ketones is 1. The van der Waals surface area contributed by atoms with Gasteiger partial charge in [-0.15, -0.1) is 0 Å². The van der Waals surface area contributed by atoms with Crippen LogP contribution < -0.4 is 15.0 Å². The molecule has 1 saturated heterocycles. The summed E-state index contributed by atoms with van der Waals surface area (Å²) in [5.74, 6) is 0.0228. The summed E-state index contributed by atoms with van der Waals surface area (Å²) in [6.45, 7) is 7.27. The van der Waals surface area contributed by atoms with Crippen LogP contribution in [0.3, 0.4) is 0 Å². The molecule has 0 unspecified atom stereocenters. The first-order valence-electron chi connectivity index (χ1n) is 11.7. The van der Waals surface area contributed by atoms with Crippen molar-refractivity contribution in [2.75, 3.05) is 43.0 Å². The first-order chi connectivity index (χ1) is 16.3. The molecule has 9 heteroatoms. The maximum atomic E-state index is 13.1. The third-order valence-corrected chi connectivity index (χ3v) is 7.96. The van der Waals surface area contributed by atoms with Crippen LogP contribution in [0.25, 0.3) is 0 Å². The molecule has 34 heavy (non-hydrogen) atoms. The highest BCUT2D eigenvalue weighted by molar-refractivity contribution is 7.89. The molecular weight excluding hydrogens is 454 g/mol. The van der Waals surface area contributed by atoms with E-state index in [2.05, 4.69) is 10.2 Å². The van der Waals surface area contributed by atoms with Crippen LogP contribution in [0.1, 0.15) is 50.4 Å². The van der Waals surface area contributed by atoms with E-state index in [1.165, 1.54) is 17.3 Å². The lowest BCUT2D eigenvalue weighted by molar-refractivity contribution is -0.118. The molecule has 184 valence electrons. The van der Waals surface area contributed by atoms with E-state index >= 15 is 0 Å². The fraction of sp³-hybridized carbons (Fsp3) is 0.440. The lowest BCUT2D eigenvalue weighted by atomic mass is 10.1. The third kappa shape index (κ3) is 6.15. The van der Waals surface area contributed by atoms with Gasteiger partial charge in [0.2, 0.25) is 10.0 Å². The molecule has 2 aromatic carbocycles. The Bertz CT molecular complexity index is 1110. The van der Waals surface area contributed by atoms with Crippen molar-refractivity contribution in [3.63, 3.8) is 0 Å². The molecule has 0 saturated carbocycles. The Morgan fingerprint density at radius 1 is 1.00 bits per heavy atom. The molecule has 1 aliphatic heterocycles. The molecule has 1 fully saturated rings. The zero-order valence-corrected chi connectivity index (χ0v) is 20.9. The van der Waals surface area contributed by atoms with Crippen molar-refractivity contribution in [3.8, 4) is 5.75 Å². The number of ether oxygens (including phenoxy) is 1. The van der Waals surface area contributed by atoms with Gasteiger partial charge in [-0.1, -0.05) is 13.8 Å². The molecule has 1 amide bonds. The summed E-state index contributed by atoms with van der Waals surface area (Å²) in [6, 6.07) is 11.5. The lowest BCUT2D eigenvalue weighted by Crippen LogP contribution is -2.32. The number of hydrogen-bond acceptors (Lipinski definition) is 6. The molecule has 0 bridgehead atoms. The number of benzene rings is 2. The number of carbonyl (C=O) groups excluding carboxylic acids is 2. The molecule has 3 rings (SSSR count). The molecule has 0 spiro atoms. The van der Waals surface area contributed by atoms with E-state index < -0.39 is 15.9 Å². The summed E-state index contributed by atoms with van der Waals surface area (Å²) < 4.78 is 33.1. The molecule has 0 atom stereocenters. The average Bonchev–Trinajstić information content (AvgIpc) is 2.84. The summed E-state index contributed by atoms with van der Waals surface area (Å²) in [5, 5.41) is 2.85. The lowest BCUT2D eigenvalue weighted by Gasteiger charge is -2.31. The normalized spacial score (nSPS) is 14.2. The molecule has 1 N–H and O–H groups in total. The van der Waals surface area contributed by atoms with Gasteiger partial charge in [-0.25, -0.2) is 8.42 Å². The van der Waals surface area contributed by atoms with E-state index in [-0.39, 0.29) is 17.3 Å². The second kappa shape index (κ2) is 11.5. The van der Waals surface area contributed by atoms with Crippen molar-refractivity contribution in [3.05, 3.63) is 48.0 Å². The number of amides is 1. The molecule has 0 aromatic heterocycles. The standard InChI is InChI=1S/C25H33N3O5S/c1-4-28(5-2)34(31,32)22-13-14-24(27-15-7-6-8-16-27)23(17-22)26-25(30)18-33-21-11-9-20(10-12-21)19(3)29/h9-14,17H,4-8,15-16,18H2,1-3H3,(H,26,30). The zero-order valence-electron chi connectivity index (χ0n) is 20.0. The van der Waals surface area contributed by atoms with Crippen LogP contribution in [0.5, 0.6) is 5.75 Å². The number of carbonyl (C=O) groups is 2. The summed E-state index contributed by atoms with van der Waals surface area (Å²) in [6.07, 6.45) is 3.25. The Labute approximate surface area is 201 Å². The van der Waals surface area contributed by atoms with Crippen LogP contribution >= 0.6 is 0 Å². The first-order valence-corrected chi connectivity index (χ1v) is 13.1. The topological polar surface area (TPSA) is 96.0 Å². The van der Waals surface area contributed by atoms with Gasteiger partial charge in [0.1, 0.15) is 5.75 Å². The largest absolute Gasteiger partial charge is 0.484 e. The molecule has 0 radical (unpaired) electrons. The van der Waals surface area contributed by atoms with Crippen molar-refractivity contribution >= 4 is 33.1 Å². The Hall–Kier alpha value is -2.91. The maximum Gasteiger partial charge on any atom is 0.262 e. The molecule has 2 aromatic rings. The molecule has 0 aliphatic carbocycles. The maximum absolute atomic E-state index is 13.1. The van der Waals surface area contributed by atoms with Gasteiger partial charge in [-0.3, -0.25) is 9.59 Å². The summed E-state index contributed by atoms with van der Waals surface area (Å²) in [4.78, 5) is 26.5. The molecular formula is C25H33N3O5S. The quantitative estimate of drug-likeness (QED) is 0.510. The van der Waals surface area contributed by atoms with Gasteiger partial charge >= 0.3 is 0 Å². The third-order valence-electron chi connectivity index (χ3n) is 5.91. The second-order valence-corrected chi connectivity index (χ2v) is 10.2. The molecule has 8 nitrogen and oxygen atoms in total. The minimum Gasteiger partial charge on any atom is -0.484 e. The van der Waals surface area contributed by atoms with E-state index in [1.807, 2.05) is 0 Å². The number of anilines is 2. The fourth-order valence-corrected chi connectivity index (χ4v) is 5.50. The SMILES string of the molecule is CCN(CC)S(=O)(=O)c1ccc(N2CCCCC2)c(NC(=O)COc2ccc(C(C)=O)cc2)c1. The smallest absolute Gasteiger partial charge is 0.262 e. The summed E-state index contributed by atoms with van der Waals surface area (Å²) in [7, 11) is -3.67. The Morgan fingerprint density at radius 2 is 1.65 bits per heavy atom. The van der Waals surface area contributed by atoms with Crippen LogP contribution in [0.2, 0.25) is 0 Å². The number of piperidine rings is 1. The predicted octanol–water partition coefficient (Wildman–Crippen LogP) is 3.93. The van der Waals surface area contributed by atoms with E-state index in [1.54, 1.807) is 50.2 Å². The second-order valence-electron chi connectivity index (χ2n) is 8.23. The monoisotopic (exact) mass is 487 g/mol. The van der Waals surface area contributed by atoms with Gasteiger partial charge in [0.05, 0.1) is 16.3 Å². The fourth-order valence-electron chi connectivity index (χ4n) is 4.02. The summed E-state index contributed by atoms with van der Waals surface area (Å²) in [5.41, 5.74) is 1.82. The summed E-state index contributed by atoms with van der Waals surface area (Å²) >= 11 is 0. The number of rotatable bonds is 10. The van der Waals surface area contributed by atoms with Gasteiger partial charge in [-0.05, 0) is 68.7 Å². The van der Waals surface area contributed by atoms with Crippen LogP contribution in [0, 0.1) is 0 Å². The van der Waals surface area contributed by atoms with E-state index in [0.717, 1.165) is 38.0 Å². The highest BCUT2D eigenvalue weighted by atomic mass is 32.2. The van der Waals surface area contributed by atoms with Crippen molar-refractivity contribution < 1.29 is 22.7 Å². The molecule has 1 aliphatic rings. The zero-order chi connectivity index (χ0) is 24.7. The number of nitrogens with one attached hydrogen (secondary N) is 1. The van der Waals surface area contributed by atoms with Crippen molar-refractivity contribution in [1.29, 1.82) is 0 Å². The Kier molecular flexibility index (Phi) is 8.68. The number of Topliss-reactive ketones (excluding diaryl/α,β-unsaturated/α-hetero) is 1. The van der Waals surface area contributed by atoms with Gasteiger partial charge in [0.25, 0.3) is 5.91 Å². The number of hydrogen-bond donors (Lipinski definition) is 1. The van der Waals surface area contributed by atoms with Gasteiger partial charge in [-0.2, -0.15) is 4.31 Å². The van der Waals surface area contributed by atoms with E-state index in [9.17, 15) is 18.0 Å². The van der Waals surface area contributed by atoms with Crippen LogP contribution in [0.4, 0.5) is 11.4 Å². The van der Waals surface area contributed by atoms with Gasteiger partial charge in [0, 0.05) is 31.7 Å². The van der Waals surface area contributed by atoms with Crippen LogP contribution in [-0.2, 0) is 14.8 Å². The van der Waals surface area contributed by atoms with E-state index in [0.29, 0.717) is 30.1 Å². The van der Waals surface area contributed by atoms with Crippen molar-refractivity contribution in [1.82, 2.24) is 4.31 Å². The van der Waals surface area contributed by atoms with Gasteiger partial charge in [0.15, 0.2) is 12.4 Å².